The molecule has 0 radical (unpaired) electrons. The summed E-state index contributed by atoms with van der Waals surface area (Å²) in [5.41, 5.74) is 1.11. The third-order valence-corrected chi connectivity index (χ3v) is 7.20. The van der Waals surface area contributed by atoms with E-state index in [0.717, 1.165) is 57.8 Å². The van der Waals surface area contributed by atoms with Crippen LogP contribution in [0.3, 0.4) is 0 Å². The minimum Gasteiger partial charge on any atom is -0.497 e. The van der Waals surface area contributed by atoms with E-state index in [2.05, 4.69) is 28.4 Å². The second-order valence-corrected chi connectivity index (χ2v) is 10.0. The summed E-state index contributed by atoms with van der Waals surface area (Å²) in [6.45, 7) is 4.61. The van der Waals surface area contributed by atoms with Crippen molar-refractivity contribution >= 4 is 33.9 Å². The number of aryl methyl sites for hydroxylation is 1. The zero-order valence-electron chi connectivity index (χ0n) is 19.5. The van der Waals surface area contributed by atoms with Crippen LogP contribution in [0.2, 0.25) is 0 Å². The first-order chi connectivity index (χ1) is 15.9. The number of carbonyl (C=O) groups excluding carboxylic acids is 2. The van der Waals surface area contributed by atoms with Gasteiger partial charge in [-0.1, -0.05) is 18.2 Å². The quantitative estimate of drug-likeness (QED) is 0.571. The van der Waals surface area contributed by atoms with Gasteiger partial charge in [0.15, 0.2) is 0 Å². The van der Waals surface area contributed by atoms with E-state index in [9.17, 15) is 9.59 Å². The summed E-state index contributed by atoms with van der Waals surface area (Å²) in [6, 6.07) is 16.3. The standard InChI is InChI=1S/C26H31N3O3S/c1-18-4-9-24(33-18)26(31)27-22-10-12-29(13-11-22)17-25(30)28(2)16-19-5-6-21-15-23(32-3)8-7-20(21)14-19/h4-9,14-15,22H,10-13,16-17H2,1-3H3,(H,27,31). The smallest absolute Gasteiger partial charge is 0.261 e. The third-order valence-electron chi connectivity index (χ3n) is 6.20. The van der Waals surface area contributed by atoms with Crippen LogP contribution < -0.4 is 10.1 Å². The number of rotatable bonds is 7. The Morgan fingerprint density at radius 3 is 2.52 bits per heavy atom. The number of nitrogens with zero attached hydrogens (tertiary/aromatic N) is 2. The molecule has 1 fully saturated rings. The fourth-order valence-electron chi connectivity index (χ4n) is 4.22. The zero-order chi connectivity index (χ0) is 23.4. The van der Waals surface area contributed by atoms with Crippen LogP contribution in [0.4, 0.5) is 0 Å². The molecule has 3 aromatic rings. The highest BCUT2D eigenvalue weighted by molar-refractivity contribution is 7.13. The number of nitrogens with one attached hydrogen (secondary N) is 1. The number of thiophene rings is 1. The van der Waals surface area contributed by atoms with Gasteiger partial charge in [0.05, 0.1) is 18.5 Å². The van der Waals surface area contributed by atoms with Crippen molar-refractivity contribution in [2.45, 2.75) is 32.4 Å². The summed E-state index contributed by atoms with van der Waals surface area (Å²) >= 11 is 1.52. The first-order valence-corrected chi connectivity index (χ1v) is 12.1. The fourth-order valence-corrected chi connectivity index (χ4v) is 4.99. The van der Waals surface area contributed by atoms with Crippen molar-refractivity contribution in [1.82, 2.24) is 15.1 Å². The average Bonchev–Trinajstić information content (AvgIpc) is 3.26. The lowest BCUT2D eigenvalue weighted by molar-refractivity contribution is -0.131. The first kappa shape index (κ1) is 23.3. The third kappa shape index (κ3) is 5.92. The summed E-state index contributed by atoms with van der Waals surface area (Å²) < 4.78 is 5.29. The predicted octanol–water partition coefficient (Wildman–Crippen LogP) is 4.07. The molecule has 0 aliphatic carbocycles. The van der Waals surface area contributed by atoms with Crippen molar-refractivity contribution in [1.29, 1.82) is 0 Å². The Balaban J connectivity index is 1.25. The topological polar surface area (TPSA) is 61.9 Å². The highest BCUT2D eigenvalue weighted by atomic mass is 32.1. The van der Waals surface area contributed by atoms with Gasteiger partial charge in [-0.25, -0.2) is 0 Å². The zero-order valence-corrected chi connectivity index (χ0v) is 20.3. The lowest BCUT2D eigenvalue weighted by Gasteiger charge is -2.32. The van der Waals surface area contributed by atoms with Crippen LogP contribution in [0.25, 0.3) is 10.8 Å². The van der Waals surface area contributed by atoms with Gasteiger partial charge in [-0.3, -0.25) is 14.5 Å². The molecule has 174 valence electrons. The van der Waals surface area contributed by atoms with Crippen LogP contribution >= 0.6 is 11.3 Å². The van der Waals surface area contributed by atoms with Gasteiger partial charge in [-0.15, -0.1) is 11.3 Å². The van der Waals surface area contributed by atoms with E-state index < -0.39 is 0 Å². The number of hydrogen-bond donors (Lipinski definition) is 1. The lowest BCUT2D eigenvalue weighted by Crippen LogP contribution is -2.47. The second kappa shape index (κ2) is 10.4. The van der Waals surface area contributed by atoms with Gasteiger partial charge in [-0.2, -0.15) is 0 Å². The summed E-state index contributed by atoms with van der Waals surface area (Å²) in [4.78, 5) is 31.1. The molecule has 7 heteroatoms. The van der Waals surface area contributed by atoms with Crippen molar-refractivity contribution in [3.05, 3.63) is 63.8 Å². The van der Waals surface area contributed by atoms with Gasteiger partial charge in [0.2, 0.25) is 5.91 Å². The molecule has 1 aromatic heterocycles. The molecule has 0 unspecified atom stereocenters. The summed E-state index contributed by atoms with van der Waals surface area (Å²) in [6.07, 6.45) is 1.72. The maximum absolute atomic E-state index is 12.8. The molecule has 2 aromatic carbocycles. The van der Waals surface area contributed by atoms with Crippen molar-refractivity contribution in [3.63, 3.8) is 0 Å². The number of likely N-dealkylation sites (tertiary alicyclic amines) is 1. The van der Waals surface area contributed by atoms with Crippen LogP contribution in [-0.2, 0) is 11.3 Å². The van der Waals surface area contributed by atoms with Crippen LogP contribution in [0.15, 0.2) is 48.5 Å². The van der Waals surface area contributed by atoms with Crippen LogP contribution in [0, 0.1) is 6.92 Å². The molecule has 0 saturated carbocycles. The normalized spacial score (nSPS) is 14.9. The van der Waals surface area contributed by atoms with Crippen LogP contribution in [-0.4, -0.2) is 61.4 Å². The first-order valence-electron chi connectivity index (χ1n) is 11.3. The van der Waals surface area contributed by atoms with Gasteiger partial charge in [0, 0.05) is 37.6 Å². The number of fused-ring (bicyclic) bond motifs is 1. The number of ether oxygens (including phenoxy) is 1. The van der Waals surface area contributed by atoms with Crippen LogP contribution in [0.5, 0.6) is 5.75 Å². The lowest BCUT2D eigenvalue weighted by atomic mass is 10.0. The Morgan fingerprint density at radius 2 is 1.82 bits per heavy atom. The minimum absolute atomic E-state index is 0.0104. The summed E-state index contributed by atoms with van der Waals surface area (Å²) in [5.74, 6) is 0.963. The molecule has 0 atom stereocenters. The molecule has 0 spiro atoms. The molecule has 1 N–H and O–H groups in total. The molecule has 2 amide bonds. The molecule has 2 heterocycles. The summed E-state index contributed by atoms with van der Waals surface area (Å²) in [5, 5.41) is 5.40. The fraction of sp³-hybridized carbons (Fsp3) is 0.385. The van der Waals surface area contributed by atoms with E-state index in [4.69, 9.17) is 4.74 Å². The predicted molar refractivity (Wildman–Crippen MR) is 133 cm³/mol. The molecule has 1 aliphatic rings. The Kier molecular flexibility index (Phi) is 7.30. The van der Waals surface area contributed by atoms with E-state index in [1.165, 1.54) is 11.3 Å². The molecule has 0 bridgehead atoms. The van der Waals surface area contributed by atoms with E-state index in [1.54, 1.807) is 12.0 Å². The number of carbonyl (C=O) groups is 2. The summed E-state index contributed by atoms with van der Waals surface area (Å²) in [7, 11) is 3.52. The van der Waals surface area contributed by atoms with Gasteiger partial charge in [0.25, 0.3) is 5.91 Å². The molecular weight excluding hydrogens is 434 g/mol. The van der Waals surface area contributed by atoms with E-state index in [-0.39, 0.29) is 17.9 Å². The highest BCUT2D eigenvalue weighted by Gasteiger charge is 2.24. The van der Waals surface area contributed by atoms with Gasteiger partial charge in [0.1, 0.15) is 5.75 Å². The molecule has 1 saturated heterocycles. The molecule has 6 nitrogen and oxygen atoms in total. The largest absolute Gasteiger partial charge is 0.497 e. The number of amides is 2. The Bertz CT molecular complexity index is 1130. The monoisotopic (exact) mass is 465 g/mol. The number of piperidine rings is 1. The number of methoxy groups -OCH3 is 1. The van der Waals surface area contributed by atoms with Crippen molar-refractivity contribution in [3.8, 4) is 5.75 Å². The average molecular weight is 466 g/mol. The van der Waals surface area contributed by atoms with Crippen molar-refractivity contribution < 1.29 is 14.3 Å². The Labute approximate surface area is 199 Å². The SMILES string of the molecule is COc1ccc2cc(CN(C)C(=O)CN3CCC(NC(=O)c4ccc(C)s4)CC3)ccc2c1. The van der Waals surface area contributed by atoms with E-state index in [0.29, 0.717) is 13.1 Å². The molecule has 4 rings (SSSR count). The molecular formula is C26H31N3O3S. The Morgan fingerprint density at radius 1 is 1.09 bits per heavy atom. The number of benzene rings is 2. The minimum atomic E-state index is 0.0104. The molecule has 33 heavy (non-hydrogen) atoms. The highest BCUT2D eigenvalue weighted by Crippen LogP contribution is 2.22. The van der Waals surface area contributed by atoms with Gasteiger partial charge >= 0.3 is 0 Å². The van der Waals surface area contributed by atoms with Crippen LogP contribution in [0.1, 0.15) is 33.0 Å². The van der Waals surface area contributed by atoms with Gasteiger partial charge in [-0.05, 0) is 66.4 Å². The number of hydrogen-bond acceptors (Lipinski definition) is 5. The van der Waals surface area contributed by atoms with Crippen molar-refractivity contribution in [2.24, 2.45) is 0 Å². The maximum Gasteiger partial charge on any atom is 0.261 e. The number of likely N-dealkylation sites (N-methyl/N-ethyl adjacent to an activating group) is 1. The van der Waals surface area contributed by atoms with E-state index >= 15 is 0 Å². The van der Waals surface area contributed by atoms with Crippen molar-refractivity contribution in [2.75, 3.05) is 33.8 Å². The Hall–Kier alpha value is -2.90. The van der Waals surface area contributed by atoms with E-state index in [1.807, 2.05) is 44.3 Å². The van der Waals surface area contributed by atoms with Gasteiger partial charge < -0.3 is 15.0 Å². The molecule has 1 aliphatic heterocycles. The maximum atomic E-state index is 12.8. The second-order valence-electron chi connectivity index (χ2n) is 8.73.